The molecule has 0 aliphatic rings. The first kappa shape index (κ1) is 15.7. The Labute approximate surface area is 137 Å². The van der Waals surface area contributed by atoms with Gasteiger partial charge in [0.1, 0.15) is 23.3 Å². The molecule has 2 heterocycles. The van der Waals surface area contributed by atoms with Crippen molar-refractivity contribution < 1.29 is 9.84 Å². The molecule has 0 saturated heterocycles. The molecule has 0 fully saturated rings. The van der Waals surface area contributed by atoms with E-state index in [9.17, 15) is 9.90 Å². The fraction of sp³-hybridized carbons (Fsp3) is 0.294. The number of thiophene rings is 1. The summed E-state index contributed by atoms with van der Waals surface area (Å²) in [7, 11) is 0. The Morgan fingerprint density at radius 1 is 1.30 bits per heavy atom. The van der Waals surface area contributed by atoms with Gasteiger partial charge in [0.05, 0.1) is 18.3 Å². The maximum absolute atomic E-state index is 12.3. The van der Waals surface area contributed by atoms with Crippen molar-refractivity contribution in [3.05, 3.63) is 57.5 Å². The SMILES string of the molecule is Cc1cccc(C)c1OC[C@@H](O)Cn1cnc2sccc2c1=O. The Balaban J connectivity index is 1.70. The van der Waals surface area contributed by atoms with E-state index in [2.05, 4.69) is 4.98 Å². The van der Waals surface area contributed by atoms with Crippen LogP contribution in [0, 0.1) is 13.8 Å². The highest BCUT2D eigenvalue weighted by Crippen LogP contribution is 2.22. The highest BCUT2D eigenvalue weighted by Gasteiger charge is 2.12. The van der Waals surface area contributed by atoms with Crippen LogP contribution < -0.4 is 10.3 Å². The number of aromatic nitrogens is 2. The molecule has 0 spiro atoms. The molecule has 0 aliphatic heterocycles. The van der Waals surface area contributed by atoms with Crippen LogP contribution in [-0.4, -0.2) is 27.4 Å². The van der Waals surface area contributed by atoms with E-state index in [1.165, 1.54) is 22.2 Å². The van der Waals surface area contributed by atoms with Crippen molar-refractivity contribution in [1.82, 2.24) is 9.55 Å². The van der Waals surface area contributed by atoms with Crippen LogP contribution >= 0.6 is 11.3 Å². The molecule has 0 aliphatic carbocycles. The number of aliphatic hydroxyl groups is 1. The summed E-state index contributed by atoms with van der Waals surface area (Å²) in [5, 5.41) is 12.6. The van der Waals surface area contributed by atoms with E-state index in [0.29, 0.717) is 10.2 Å². The number of nitrogens with zero attached hydrogens (tertiary/aromatic N) is 2. The quantitative estimate of drug-likeness (QED) is 0.781. The number of aliphatic hydroxyl groups excluding tert-OH is 1. The second-order valence-corrected chi connectivity index (χ2v) is 6.42. The average Bonchev–Trinajstić information content (AvgIpc) is 2.99. The first-order chi connectivity index (χ1) is 11.1. The lowest BCUT2D eigenvalue weighted by atomic mass is 10.1. The van der Waals surface area contributed by atoms with Crippen LogP contribution in [0.15, 0.2) is 40.8 Å². The van der Waals surface area contributed by atoms with Gasteiger partial charge in [-0.1, -0.05) is 18.2 Å². The second kappa shape index (κ2) is 6.52. The van der Waals surface area contributed by atoms with Crippen LogP contribution in [0.1, 0.15) is 11.1 Å². The van der Waals surface area contributed by atoms with Crippen molar-refractivity contribution in [2.24, 2.45) is 0 Å². The third-order valence-electron chi connectivity index (χ3n) is 3.69. The van der Waals surface area contributed by atoms with Gasteiger partial charge in [-0.2, -0.15) is 0 Å². The number of benzene rings is 1. The van der Waals surface area contributed by atoms with Gasteiger partial charge in [0.15, 0.2) is 0 Å². The summed E-state index contributed by atoms with van der Waals surface area (Å²) < 4.78 is 7.15. The molecular formula is C17H18N2O3S. The number of ether oxygens (including phenoxy) is 1. The molecule has 3 aromatic rings. The van der Waals surface area contributed by atoms with Gasteiger partial charge in [-0.3, -0.25) is 9.36 Å². The van der Waals surface area contributed by atoms with Gasteiger partial charge in [-0.15, -0.1) is 11.3 Å². The largest absolute Gasteiger partial charge is 0.490 e. The lowest BCUT2D eigenvalue weighted by Crippen LogP contribution is -2.30. The van der Waals surface area contributed by atoms with Crippen LogP contribution in [0.4, 0.5) is 0 Å². The topological polar surface area (TPSA) is 64.3 Å². The van der Waals surface area contributed by atoms with Crippen LogP contribution in [0.25, 0.3) is 10.2 Å². The molecule has 1 atom stereocenters. The minimum absolute atomic E-state index is 0.125. The van der Waals surface area contributed by atoms with Crippen molar-refractivity contribution in [2.45, 2.75) is 26.5 Å². The van der Waals surface area contributed by atoms with Crippen molar-refractivity contribution in [3.63, 3.8) is 0 Å². The van der Waals surface area contributed by atoms with Crippen molar-refractivity contribution >= 4 is 21.6 Å². The van der Waals surface area contributed by atoms with Crippen molar-refractivity contribution in [3.8, 4) is 5.75 Å². The van der Waals surface area contributed by atoms with Gasteiger partial charge in [-0.25, -0.2) is 4.98 Å². The molecule has 0 saturated carbocycles. The highest BCUT2D eigenvalue weighted by atomic mass is 32.1. The van der Waals surface area contributed by atoms with Crippen LogP contribution in [0.5, 0.6) is 5.75 Å². The van der Waals surface area contributed by atoms with Crippen molar-refractivity contribution in [2.75, 3.05) is 6.61 Å². The molecule has 1 N–H and O–H groups in total. The standard InChI is InChI=1S/C17H18N2O3S/c1-11-4-3-5-12(2)15(11)22-9-13(20)8-19-10-18-16-14(17(19)21)6-7-23-16/h3-7,10,13,20H,8-9H2,1-2H3/t13-/m0/s1. The summed E-state index contributed by atoms with van der Waals surface area (Å²) in [6.45, 7) is 4.21. The van der Waals surface area contributed by atoms with Gasteiger partial charge < -0.3 is 9.84 Å². The zero-order valence-electron chi connectivity index (χ0n) is 13.0. The smallest absolute Gasteiger partial charge is 0.262 e. The molecule has 0 amide bonds. The summed E-state index contributed by atoms with van der Waals surface area (Å²) in [5.74, 6) is 0.783. The molecule has 120 valence electrons. The molecule has 6 heteroatoms. The summed E-state index contributed by atoms with van der Waals surface area (Å²) in [4.78, 5) is 17.2. The predicted molar refractivity (Wildman–Crippen MR) is 91.3 cm³/mol. The highest BCUT2D eigenvalue weighted by molar-refractivity contribution is 7.16. The van der Waals surface area contributed by atoms with Gasteiger partial charge in [-0.05, 0) is 36.4 Å². The lowest BCUT2D eigenvalue weighted by Gasteiger charge is -2.16. The molecule has 0 unspecified atom stereocenters. The summed E-state index contributed by atoms with van der Waals surface area (Å²) in [5.41, 5.74) is 1.91. The van der Waals surface area contributed by atoms with E-state index in [-0.39, 0.29) is 18.7 Å². The Morgan fingerprint density at radius 3 is 2.78 bits per heavy atom. The Kier molecular flexibility index (Phi) is 4.45. The molecule has 1 aromatic carbocycles. The number of aryl methyl sites for hydroxylation is 2. The van der Waals surface area contributed by atoms with E-state index in [0.717, 1.165) is 16.9 Å². The number of hydrogen-bond donors (Lipinski definition) is 1. The third kappa shape index (κ3) is 3.28. The van der Waals surface area contributed by atoms with E-state index in [1.54, 1.807) is 6.07 Å². The van der Waals surface area contributed by atoms with Gasteiger partial charge >= 0.3 is 0 Å². The molecule has 0 radical (unpaired) electrons. The molecule has 0 bridgehead atoms. The Hall–Kier alpha value is -2.18. The van der Waals surface area contributed by atoms with Crippen LogP contribution in [0.3, 0.4) is 0 Å². The lowest BCUT2D eigenvalue weighted by molar-refractivity contribution is 0.0908. The van der Waals surface area contributed by atoms with Gasteiger partial charge in [0.25, 0.3) is 5.56 Å². The van der Waals surface area contributed by atoms with Gasteiger partial charge in [0, 0.05) is 0 Å². The fourth-order valence-corrected chi connectivity index (χ4v) is 3.23. The minimum atomic E-state index is -0.787. The second-order valence-electron chi connectivity index (χ2n) is 5.53. The molecule has 5 nitrogen and oxygen atoms in total. The first-order valence-electron chi connectivity index (χ1n) is 7.36. The maximum Gasteiger partial charge on any atom is 0.262 e. The zero-order chi connectivity index (χ0) is 16.4. The Morgan fingerprint density at radius 2 is 2.04 bits per heavy atom. The number of para-hydroxylation sites is 1. The normalized spacial score (nSPS) is 12.5. The predicted octanol–water partition coefficient (Wildman–Crippen LogP) is 2.51. The maximum atomic E-state index is 12.3. The van der Waals surface area contributed by atoms with E-state index in [4.69, 9.17) is 4.74 Å². The molecule has 23 heavy (non-hydrogen) atoms. The van der Waals surface area contributed by atoms with Crippen LogP contribution in [-0.2, 0) is 6.54 Å². The molecule has 2 aromatic heterocycles. The molecular weight excluding hydrogens is 312 g/mol. The van der Waals surface area contributed by atoms with E-state index >= 15 is 0 Å². The summed E-state index contributed by atoms with van der Waals surface area (Å²) in [6, 6.07) is 7.65. The van der Waals surface area contributed by atoms with E-state index < -0.39 is 6.10 Å². The fourth-order valence-electron chi connectivity index (χ4n) is 2.51. The number of fused-ring (bicyclic) bond motifs is 1. The minimum Gasteiger partial charge on any atom is -0.490 e. The third-order valence-corrected chi connectivity index (χ3v) is 4.51. The summed E-state index contributed by atoms with van der Waals surface area (Å²) in [6.07, 6.45) is 0.688. The number of hydrogen-bond acceptors (Lipinski definition) is 5. The van der Waals surface area contributed by atoms with Crippen molar-refractivity contribution in [1.29, 1.82) is 0 Å². The van der Waals surface area contributed by atoms with Gasteiger partial charge in [0.2, 0.25) is 0 Å². The monoisotopic (exact) mass is 330 g/mol. The first-order valence-corrected chi connectivity index (χ1v) is 8.24. The van der Waals surface area contributed by atoms with E-state index in [1.807, 2.05) is 37.4 Å². The zero-order valence-corrected chi connectivity index (χ0v) is 13.8. The Bertz CT molecular complexity index is 865. The average molecular weight is 330 g/mol. The summed E-state index contributed by atoms with van der Waals surface area (Å²) >= 11 is 1.43. The van der Waals surface area contributed by atoms with Crippen LogP contribution in [0.2, 0.25) is 0 Å². The number of rotatable bonds is 5. The molecule has 3 rings (SSSR count).